The lowest BCUT2D eigenvalue weighted by Crippen LogP contribution is -2.20. The van der Waals surface area contributed by atoms with E-state index in [0.717, 1.165) is 28.8 Å². The molecule has 2 N–H and O–H groups in total. The van der Waals surface area contributed by atoms with Gasteiger partial charge in [0.25, 0.3) is 5.56 Å². The Bertz CT molecular complexity index is 575. The first-order valence-electron chi connectivity index (χ1n) is 5.65. The van der Waals surface area contributed by atoms with Crippen molar-refractivity contribution in [2.75, 3.05) is 13.7 Å². The molecular formula is C13H16N2O2. The SMILES string of the molecule is CCNCc1cc2ccc(OC)cc2[nH]c1=O. The van der Waals surface area contributed by atoms with Crippen LogP contribution in [0.2, 0.25) is 0 Å². The molecule has 0 aliphatic rings. The lowest BCUT2D eigenvalue weighted by molar-refractivity contribution is 0.415. The van der Waals surface area contributed by atoms with Crippen molar-refractivity contribution in [1.82, 2.24) is 10.3 Å². The van der Waals surface area contributed by atoms with E-state index in [9.17, 15) is 4.79 Å². The number of H-pyrrole nitrogens is 1. The molecule has 17 heavy (non-hydrogen) atoms. The van der Waals surface area contributed by atoms with Gasteiger partial charge in [-0.2, -0.15) is 0 Å². The van der Waals surface area contributed by atoms with Gasteiger partial charge in [-0.3, -0.25) is 4.79 Å². The number of ether oxygens (including phenoxy) is 1. The van der Waals surface area contributed by atoms with Gasteiger partial charge >= 0.3 is 0 Å². The smallest absolute Gasteiger partial charge is 0.252 e. The van der Waals surface area contributed by atoms with Gasteiger partial charge < -0.3 is 15.0 Å². The number of fused-ring (bicyclic) bond motifs is 1. The fraction of sp³-hybridized carbons (Fsp3) is 0.308. The second-order valence-electron chi connectivity index (χ2n) is 3.86. The average Bonchev–Trinajstić information content (AvgIpc) is 2.35. The van der Waals surface area contributed by atoms with Crippen LogP contribution in [0.5, 0.6) is 5.75 Å². The molecule has 2 aromatic rings. The molecule has 0 aliphatic heterocycles. The zero-order valence-corrected chi connectivity index (χ0v) is 10.0. The van der Waals surface area contributed by atoms with Crippen LogP contribution in [0.25, 0.3) is 10.9 Å². The van der Waals surface area contributed by atoms with Gasteiger partial charge in [-0.25, -0.2) is 0 Å². The van der Waals surface area contributed by atoms with Crippen LogP contribution < -0.4 is 15.6 Å². The van der Waals surface area contributed by atoms with Gasteiger partial charge in [-0.05, 0) is 30.1 Å². The monoisotopic (exact) mass is 232 g/mol. The topological polar surface area (TPSA) is 54.1 Å². The van der Waals surface area contributed by atoms with Crippen molar-refractivity contribution in [3.05, 3.63) is 40.2 Å². The fourth-order valence-electron chi connectivity index (χ4n) is 1.74. The highest BCUT2D eigenvalue weighted by Gasteiger charge is 2.03. The molecule has 1 aromatic carbocycles. The van der Waals surface area contributed by atoms with E-state index < -0.39 is 0 Å². The Morgan fingerprint density at radius 3 is 2.88 bits per heavy atom. The molecule has 0 spiro atoms. The van der Waals surface area contributed by atoms with E-state index in [2.05, 4.69) is 10.3 Å². The summed E-state index contributed by atoms with van der Waals surface area (Å²) >= 11 is 0. The molecule has 1 heterocycles. The largest absolute Gasteiger partial charge is 0.497 e. The lowest BCUT2D eigenvalue weighted by Gasteiger charge is -2.05. The number of aromatic nitrogens is 1. The summed E-state index contributed by atoms with van der Waals surface area (Å²) < 4.78 is 5.12. The first-order chi connectivity index (χ1) is 8.24. The number of methoxy groups -OCH3 is 1. The van der Waals surface area contributed by atoms with Crippen molar-refractivity contribution in [3.63, 3.8) is 0 Å². The van der Waals surface area contributed by atoms with Crippen LogP contribution in [0.1, 0.15) is 12.5 Å². The number of pyridine rings is 1. The summed E-state index contributed by atoms with van der Waals surface area (Å²) in [5, 5.41) is 4.16. The quantitative estimate of drug-likeness (QED) is 0.842. The van der Waals surface area contributed by atoms with Crippen LogP contribution in [0.4, 0.5) is 0 Å². The Balaban J connectivity index is 2.47. The van der Waals surface area contributed by atoms with Gasteiger partial charge in [0.1, 0.15) is 5.75 Å². The first-order valence-corrected chi connectivity index (χ1v) is 5.65. The zero-order chi connectivity index (χ0) is 12.3. The standard InChI is InChI=1S/C13H16N2O2/c1-3-14-8-10-6-9-4-5-11(17-2)7-12(9)15-13(10)16/h4-7,14H,3,8H2,1-2H3,(H,15,16). The van der Waals surface area contributed by atoms with E-state index >= 15 is 0 Å². The molecule has 0 aliphatic carbocycles. The number of benzene rings is 1. The van der Waals surface area contributed by atoms with Crippen molar-refractivity contribution < 1.29 is 4.74 Å². The second kappa shape index (κ2) is 5.01. The van der Waals surface area contributed by atoms with Crippen LogP contribution >= 0.6 is 0 Å². The Labute approximate surface area is 99.6 Å². The van der Waals surface area contributed by atoms with Gasteiger partial charge in [0.15, 0.2) is 0 Å². The zero-order valence-electron chi connectivity index (χ0n) is 10.0. The molecule has 0 fully saturated rings. The van der Waals surface area contributed by atoms with E-state index in [4.69, 9.17) is 4.74 Å². The molecule has 0 unspecified atom stereocenters. The molecule has 4 heteroatoms. The number of hydrogen-bond acceptors (Lipinski definition) is 3. The third kappa shape index (κ3) is 2.47. The maximum absolute atomic E-state index is 11.8. The van der Waals surface area contributed by atoms with Crippen LogP contribution in [0.15, 0.2) is 29.1 Å². The summed E-state index contributed by atoms with van der Waals surface area (Å²) in [5.41, 5.74) is 1.51. The average molecular weight is 232 g/mol. The van der Waals surface area contributed by atoms with E-state index in [1.165, 1.54) is 0 Å². The molecule has 0 saturated heterocycles. The highest BCUT2D eigenvalue weighted by Crippen LogP contribution is 2.18. The molecule has 1 aromatic heterocycles. The number of rotatable bonds is 4. The van der Waals surface area contributed by atoms with Gasteiger partial charge in [0.05, 0.1) is 12.6 Å². The van der Waals surface area contributed by atoms with Crippen molar-refractivity contribution >= 4 is 10.9 Å². The molecule has 4 nitrogen and oxygen atoms in total. The van der Waals surface area contributed by atoms with Gasteiger partial charge in [0.2, 0.25) is 0 Å². The maximum atomic E-state index is 11.8. The van der Waals surface area contributed by atoms with Crippen LogP contribution in [-0.4, -0.2) is 18.6 Å². The lowest BCUT2D eigenvalue weighted by atomic mass is 10.1. The van der Waals surface area contributed by atoms with Crippen molar-refractivity contribution in [2.45, 2.75) is 13.5 Å². The molecule has 0 bridgehead atoms. The van der Waals surface area contributed by atoms with Crippen LogP contribution in [0, 0.1) is 0 Å². The van der Waals surface area contributed by atoms with E-state index in [0.29, 0.717) is 6.54 Å². The minimum Gasteiger partial charge on any atom is -0.497 e. The van der Waals surface area contributed by atoms with Crippen molar-refractivity contribution in [1.29, 1.82) is 0 Å². The Hall–Kier alpha value is -1.81. The fourth-order valence-corrected chi connectivity index (χ4v) is 1.74. The summed E-state index contributed by atoms with van der Waals surface area (Å²) in [4.78, 5) is 14.7. The minimum atomic E-state index is -0.0493. The summed E-state index contributed by atoms with van der Waals surface area (Å²) in [5.74, 6) is 0.743. The van der Waals surface area contributed by atoms with Gasteiger partial charge in [0, 0.05) is 18.2 Å². The highest BCUT2D eigenvalue weighted by atomic mass is 16.5. The third-order valence-electron chi connectivity index (χ3n) is 2.70. The van der Waals surface area contributed by atoms with E-state index in [1.54, 1.807) is 7.11 Å². The third-order valence-corrected chi connectivity index (χ3v) is 2.70. The molecule has 0 radical (unpaired) electrons. The second-order valence-corrected chi connectivity index (χ2v) is 3.86. The highest BCUT2D eigenvalue weighted by molar-refractivity contribution is 5.80. The van der Waals surface area contributed by atoms with Gasteiger partial charge in [-0.15, -0.1) is 0 Å². The predicted molar refractivity (Wildman–Crippen MR) is 68.5 cm³/mol. The molecule has 2 rings (SSSR count). The first kappa shape index (κ1) is 11.7. The normalized spacial score (nSPS) is 10.7. The molecule has 90 valence electrons. The van der Waals surface area contributed by atoms with E-state index in [-0.39, 0.29) is 5.56 Å². The number of aromatic amines is 1. The molecular weight excluding hydrogens is 216 g/mol. The Morgan fingerprint density at radius 1 is 1.35 bits per heavy atom. The minimum absolute atomic E-state index is 0.0493. The summed E-state index contributed by atoms with van der Waals surface area (Å²) in [7, 11) is 1.61. The summed E-state index contributed by atoms with van der Waals surface area (Å²) in [6.45, 7) is 3.45. The van der Waals surface area contributed by atoms with Crippen LogP contribution in [-0.2, 0) is 6.54 Å². The number of nitrogens with one attached hydrogen (secondary N) is 2. The van der Waals surface area contributed by atoms with Gasteiger partial charge in [-0.1, -0.05) is 6.92 Å². The predicted octanol–water partition coefficient (Wildman–Crippen LogP) is 1.65. The molecule has 0 amide bonds. The Morgan fingerprint density at radius 2 is 2.18 bits per heavy atom. The Kier molecular flexibility index (Phi) is 3.44. The van der Waals surface area contributed by atoms with Crippen LogP contribution in [0.3, 0.4) is 0 Å². The molecule has 0 saturated carbocycles. The maximum Gasteiger partial charge on any atom is 0.252 e. The summed E-state index contributed by atoms with van der Waals surface area (Å²) in [6.07, 6.45) is 0. The summed E-state index contributed by atoms with van der Waals surface area (Å²) in [6, 6.07) is 7.57. The van der Waals surface area contributed by atoms with Crippen molar-refractivity contribution in [3.8, 4) is 5.75 Å². The van der Waals surface area contributed by atoms with E-state index in [1.807, 2.05) is 31.2 Å². The van der Waals surface area contributed by atoms with Crippen molar-refractivity contribution in [2.24, 2.45) is 0 Å². The molecule has 0 atom stereocenters. The number of hydrogen-bond donors (Lipinski definition) is 2.